The summed E-state index contributed by atoms with van der Waals surface area (Å²) in [6, 6.07) is 19.8. The molecular weight excluding hydrogens is 428 g/mol. The van der Waals surface area contributed by atoms with Gasteiger partial charge in [0.25, 0.3) is 10.0 Å². The molecule has 0 spiro atoms. The predicted molar refractivity (Wildman–Crippen MR) is 111 cm³/mol. The van der Waals surface area contributed by atoms with E-state index in [1.807, 2.05) is 0 Å². The summed E-state index contributed by atoms with van der Waals surface area (Å²) in [4.78, 5) is 12.4. The van der Waals surface area contributed by atoms with Crippen LogP contribution in [0.2, 0.25) is 0 Å². The SMILES string of the molecule is CN(c1ccccc1)S(=O)(=O)c1cccc(C(=O)OCc2ccccc2OC(F)F)c1. The fourth-order valence-electron chi connectivity index (χ4n) is 2.78. The molecule has 0 aliphatic heterocycles. The van der Waals surface area contributed by atoms with Crippen molar-refractivity contribution in [3.8, 4) is 5.75 Å². The third kappa shape index (κ3) is 5.37. The highest BCUT2D eigenvalue weighted by Crippen LogP contribution is 2.24. The number of benzene rings is 3. The van der Waals surface area contributed by atoms with Gasteiger partial charge in [0.1, 0.15) is 12.4 Å². The van der Waals surface area contributed by atoms with Gasteiger partial charge in [-0.15, -0.1) is 0 Å². The zero-order valence-electron chi connectivity index (χ0n) is 16.4. The summed E-state index contributed by atoms with van der Waals surface area (Å²) in [5.41, 5.74) is 0.727. The van der Waals surface area contributed by atoms with Crippen LogP contribution in [0.1, 0.15) is 15.9 Å². The van der Waals surface area contributed by atoms with Crippen LogP contribution in [0.5, 0.6) is 5.75 Å². The Hall–Kier alpha value is -3.46. The van der Waals surface area contributed by atoms with Crippen molar-refractivity contribution in [1.82, 2.24) is 0 Å². The number of halogens is 2. The molecule has 0 aliphatic rings. The lowest BCUT2D eigenvalue weighted by Gasteiger charge is -2.19. The molecule has 3 rings (SSSR count). The van der Waals surface area contributed by atoms with E-state index >= 15 is 0 Å². The van der Waals surface area contributed by atoms with Crippen LogP contribution in [0, 0.1) is 0 Å². The maximum absolute atomic E-state index is 12.9. The van der Waals surface area contributed by atoms with Crippen LogP contribution in [-0.4, -0.2) is 28.0 Å². The van der Waals surface area contributed by atoms with E-state index < -0.39 is 22.6 Å². The van der Waals surface area contributed by atoms with Gasteiger partial charge in [-0.3, -0.25) is 4.31 Å². The second-order valence-electron chi connectivity index (χ2n) is 6.40. The zero-order valence-corrected chi connectivity index (χ0v) is 17.3. The number of carbonyl (C=O) groups excluding carboxylic acids is 1. The highest BCUT2D eigenvalue weighted by Gasteiger charge is 2.23. The Labute approximate surface area is 178 Å². The number of sulfonamides is 1. The van der Waals surface area contributed by atoms with Crippen molar-refractivity contribution in [2.24, 2.45) is 0 Å². The minimum absolute atomic E-state index is 0.00907. The fourth-order valence-corrected chi connectivity index (χ4v) is 4.02. The Balaban J connectivity index is 1.77. The molecule has 0 saturated heterocycles. The lowest BCUT2D eigenvalue weighted by molar-refractivity contribution is -0.0510. The highest BCUT2D eigenvalue weighted by atomic mass is 32.2. The molecule has 0 amide bonds. The molecule has 0 bridgehead atoms. The maximum atomic E-state index is 12.9. The molecule has 6 nitrogen and oxygen atoms in total. The lowest BCUT2D eigenvalue weighted by atomic mass is 10.2. The third-order valence-electron chi connectivity index (χ3n) is 4.40. The Morgan fingerprint density at radius 3 is 2.35 bits per heavy atom. The normalized spacial score (nSPS) is 11.2. The van der Waals surface area contributed by atoms with Crippen molar-refractivity contribution in [2.75, 3.05) is 11.4 Å². The van der Waals surface area contributed by atoms with Crippen LogP contribution in [0.15, 0.2) is 83.8 Å². The van der Waals surface area contributed by atoms with Crippen LogP contribution < -0.4 is 9.04 Å². The number of carbonyl (C=O) groups is 1. The van der Waals surface area contributed by atoms with Crippen molar-refractivity contribution in [2.45, 2.75) is 18.1 Å². The number of ether oxygens (including phenoxy) is 2. The molecule has 0 N–H and O–H groups in total. The predicted octanol–water partition coefficient (Wildman–Crippen LogP) is 4.47. The zero-order chi connectivity index (χ0) is 22.4. The standard InChI is InChI=1S/C22H19F2NO5S/c1-25(18-10-3-2-4-11-18)31(27,28)19-12-7-9-16(14-19)21(26)29-15-17-8-5-6-13-20(17)30-22(23)24/h2-14,22H,15H2,1H3. The monoisotopic (exact) mass is 447 g/mol. The van der Waals surface area contributed by atoms with Gasteiger partial charge in [-0.05, 0) is 36.4 Å². The van der Waals surface area contributed by atoms with E-state index in [0.29, 0.717) is 5.69 Å². The van der Waals surface area contributed by atoms with Gasteiger partial charge in [0.15, 0.2) is 0 Å². The molecule has 0 atom stereocenters. The molecule has 0 fully saturated rings. The van der Waals surface area contributed by atoms with E-state index in [9.17, 15) is 22.0 Å². The molecule has 0 unspecified atom stereocenters. The number of nitrogens with zero attached hydrogens (tertiary/aromatic N) is 1. The first kappa shape index (κ1) is 22.2. The van der Waals surface area contributed by atoms with Gasteiger partial charge in [-0.1, -0.05) is 42.5 Å². The van der Waals surface area contributed by atoms with Crippen molar-refractivity contribution < 1.29 is 31.5 Å². The van der Waals surface area contributed by atoms with Crippen LogP contribution in [-0.2, 0) is 21.4 Å². The molecule has 3 aromatic carbocycles. The van der Waals surface area contributed by atoms with E-state index in [1.165, 1.54) is 49.5 Å². The molecule has 9 heteroatoms. The second kappa shape index (κ2) is 9.57. The Bertz CT molecular complexity index is 1150. The minimum Gasteiger partial charge on any atom is -0.457 e. The summed E-state index contributed by atoms with van der Waals surface area (Å²) in [6.45, 7) is -3.33. The summed E-state index contributed by atoms with van der Waals surface area (Å²) >= 11 is 0. The van der Waals surface area contributed by atoms with Gasteiger partial charge in [-0.2, -0.15) is 8.78 Å². The van der Waals surface area contributed by atoms with Gasteiger partial charge in [0.05, 0.1) is 16.1 Å². The summed E-state index contributed by atoms with van der Waals surface area (Å²) in [6.07, 6.45) is 0. The maximum Gasteiger partial charge on any atom is 0.387 e. The van der Waals surface area contributed by atoms with E-state index in [-0.39, 0.29) is 28.4 Å². The molecule has 0 aromatic heterocycles. The fraction of sp³-hybridized carbons (Fsp3) is 0.136. The van der Waals surface area contributed by atoms with Gasteiger partial charge in [-0.25, -0.2) is 13.2 Å². The van der Waals surface area contributed by atoms with Crippen molar-refractivity contribution in [3.63, 3.8) is 0 Å². The van der Waals surface area contributed by atoms with Crippen molar-refractivity contribution >= 4 is 21.7 Å². The summed E-state index contributed by atoms with van der Waals surface area (Å²) in [5, 5.41) is 0. The number of alkyl halides is 2. The summed E-state index contributed by atoms with van der Waals surface area (Å²) < 4.78 is 61.6. The topological polar surface area (TPSA) is 72.9 Å². The van der Waals surface area contributed by atoms with Crippen molar-refractivity contribution in [3.05, 3.63) is 90.0 Å². The molecular formula is C22H19F2NO5S. The smallest absolute Gasteiger partial charge is 0.387 e. The van der Waals surface area contributed by atoms with E-state index in [0.717, 1.165) is 4.31 Å². The first-order valence-electron chi connectivity index (χ1n) is 9.13. The molecule has 0 heterocycles. The average Bonchev–Trinajstić information content (AvgIpc) is 2.78. The first-order chi connectivity index (χ1) is 14.8. The number of hydrogen-bond donors (Lipinski definition) is 0. The van der Waals surface area contributed by atoms with Crippen LogP contribution >= 0.6 is 0 Å². The molecule has 31 heavy (non-hydrogen) atoms. The minimum atomic E-state index is -3.91. The summed E-state index contributed by atoms with van der Waals surface area (Å²) in [5.74, 6) is -0.905. The van der Waals surface area contributed by atoms with Crippen LogP contribution in [0.25, 0.3) is 0 Å². The number of hydrogen-bond acceptors (Lipinski definition) is 5. The Morgan fingerprint density at radius 1 is 0.968 bits per heavy atom. The van der Waals surface area contributed by atoms with E-state index in [4.69, 9.17) is 4.74 Å². The number of rotatable bonds is 8. The first-order valence-corrected chi connectivity index (χ1v) is 10.6. The molecule has 0 radical (unpaired) electrons. The molecule has 162 valence electrons. The number of esters is 1. The largest absolute Gasteiger partial charge is 0.457 e. The van der Waals surface area contributed by atoms with Crippen LogP contribution in [0.4, 0.5) is 14.5 Å². The average molecular weight is 447 g/mol. The van der Waals surface area contributed by atoms with Crippen molar-refractivity contribution in [1.29, 1.82) is 0 Å². The number of anilines is 1. The molecule has 0 aliphatic carbocycles. The highest BCUT2D eigenvalue weighted by molar-refractivity contribution is 7.92. The van der Waals surface area contributed by atoms with Gasteiger partial charge >= 0.3 is 12.6 Å². The number of para-hydroxylation sites is 2. The van der Waals surface area contributed by atoms with Gasteiger partial charge in [0.2, 0.25) is 0 Å². The lowest BCUT2D eigenvalue weighted by Crippen LogP contribution is -2.26. The van der Waals surface area contributed by atoms with E-state index in [2.05, 4.69) is 4.74 Å². The Morgan fingerprint density at radius 2 is 1.65 bits per heavy atom. The molecule has 3 aromatic rings. The van der Waals surface area contributed by atoms with Crippen LogP contribution in [0.3, 0.4) is 0 Å². The third-order valence-corrected chi connectivity index (χ3v) is 6.18. The van der Waals surface area contributed by atoms with E-state index in [1.54, 1.807) is 36.4 Å². The Kier molecular flexibility index (Phi) is 6.86. The second-order valence-corrected chi connectivity index (χ2v) is 8.37. The quantitative estimate of drug-likeness (QED) is 0.477. The summed E-state index contributed by atoms with van der Waals surface area (Å²) in [7, 11) is -2.50. The molecule has 0 saturated carbocycles. The van der Waals surface area contributed by atoms with Gasteiger partial charge in [0, 0.05) is 12.6 Å². The van der Waals surface area contributed by atoms with Gasteiger partial charge < -0.3 is 9.47 Å².